The molecular formula is C28H30N4O5. The largest absolute Gasteiger partial charge is 0.493 e. The smallest absolute Gasteiger partial charge is 0.263 e. The zero-order valence-electron chi connectivity index (χ0n) is 21.2. The van der Waals surface area contributed by atoms with Crippen LogP contribution in [-0.2, 0) is 30.7 Å². The van der Waals surface area contributed by atoms with Crippen molar-refractivity contribution in [3.05, 3.63) is 93.7 Å². The summed E-state index contributed by atoms with van der Waals surface area (Å²) < 4.78 is 17.5. The van der Waals surface area contributed by atoms with Crippen molar-refractivity contribution in [2.75, 3.05) is 27.9 Å². The third-order valence-electron chi connectivity index (χ3n) is 6.02. The number of aromatic nitrogens is 3. The van der Waals surface area contributed by atoms with Crippen LogP contribution in [0.5, 0.6) is 11.5 Å². The SMILES string of the molecule is COCc1cccc(C(=O)NCCc2nc3ncccc3c(=O)n2CCc2ccc(OC)c(OC)c2)c1. The molecule has 2 aromatic carbocycles. The van der Waals surface area contributed by atoms with Crippen molar-refractivity contribution in [1.82, 2.24) is 19.9 Å². The molecule has 0 atom stereocenters. The second-order valence-corrected chi connectivity index (χ2v) is 8.44. The fourth-order valence-electron chi connectivity index (χ4n) is 4.16. The molecule has 0 radical (unpaired) electrons. The van der Waals surface area contributed by atoms with E-state index in [1.807, 2.05) is 30.3 Å². The lowest BCUT2D eigenvalue weighted by atomic mass is 10.1. The topological polar surface area (TPSA) is 105 Å². The third kappa shape index (κ3) is 6.13. The molecule has 9 nitrogen and oxygen atoms in total. The van der Waals surface area contributed by atoms with Gasteiger partial charge in [0.2, 0.25) is 0 Å². The van der Waals surface area contributed by atoms with Crippen molar-refractivity contribution in [2.45, 2.75) is 26.0 Å². The standard InChI is InChI=1S/C28H30N4O5/c1-35-18-20-6-4-7-21(16-20)27(33)30-14-11-25-31-26-22(8-5-13-29-26)28(34)32(25)15-12-19-9-10-23(36-2)24(17-19)37-3/h4-10,13,16-17H,11-12,14-15,18H2,1-3H3,(H,30,33). The number of nitrogens with zero attached hydrogens (tertiary/aromatic N) is 3. The number of nitrogens with one attached hydrogen (secondary N) is 1. The first-order valence-corrected chi connectivity index (χ1v) is 12.0. The summed E-state index contributed by atoms with van der Waals surface area (Å²) in [6, 6.07) is 16.4. The van der Waals surface area contributed by atoms with Crippen LogP contribution < -0.4 is 20.3 Å². The van der Waals surface area contributed by atoms with Gasteiger partial charge in [0.05, 0.1) is 26.2 Å². The number of fused-ring (bicyclic) bond motifs is 1. The Labute approximate surface area is 215 Å². The van der Waals surface area contributed by atoms with Crippen molar-refractivity contribution in [1.29, 1.82) is 0 Å². The molecule has 0 spiro atoms. The van der Waals surface area contributed by atoms with Crippen molar-refractivity contribution in [3.8, 4) is 11.5 Å². The Morgan fingerprint density at radius 1 is 0.946 bits per heavy atom. The highest BCUT2D eigenvalue weighted by Gasteiger charge is 2.14. The predicted octanol–water partition coefficient (Wildman–Crippen LogP) is 3.17. The molecule has 0 aliphatic heterocycles. The van der Waals surface area contributed by atoms with Gasteiger partial charge in [-0.1, -0.05) is 18.2 Å². The molecule has 0 saturated carbocycles. The van der Waals surface area contributed by atoms with E-state index in [9.17, 15) is 9.59 Å². The molecule has 0 fully saturated rings. The number of carbonyl (C=O) groups is 1. The van der Waals surface area contributed by atoms with Gasteiger partial charge in [0.15, 0.2) is 17.1 Å². The summed E-state index contributed by atoms with van der Waals surface area (Å²) in [7, 11) is 4.79. The first kappa shape index (κ1) is 25.8. The Morgan fingerprint density at radius 2 is 1.78 bits per heavy atom. The van der Waals surface area contributed by atoms with Gasteiger partial charge in [0.1, 0.15) is 5.82 Å². The molecule has 4 rings (SSSR count). The summed E-state index contributed by atoms with van der Waals surface area (Å²) >= 11 is 0. The summed E-state index contributed by atoms with van der Waals surface area (Å²) in [6.07, 6.45) is 2.57. The molecule has 0 aliphatic carbocycles. The number of amides is 1. The van der Waals surface area contributed by atoms with Crippen LogP contribution in [0.15, 0.2) is 65.6 Å². The maximum absolute atomic E-state index is 13.4. The van der Waals surface area contributed by atoms with Crippen molar-refractivity contribution in [2.24, 2.45) is 0 Å². The lowest BCUT2D eigenvalue weighted by Crippen LogP contribution is -2.31. The monoisotopic (exact) mass is 502 g/mol. The van der Waals surface area contributed by atoms with Gasteiger partial charge in [0, 0.05) is 38.4 Å². The van der Waals surface area contributed by atoms with E-state index >= 15 is 0 Å². The zero-order chi connectivity index (χ0) is 26.2. The fourth-order valence-corrected chi connectivity index (χ4v) is 4.16. The van der Waals surface area contributed by atoms with E-state index in [2.05, 4.69) is 15.3 Å². The lowest BCUT2D eigenvalue weighted by molar-refractivity contribution is 0.0953. The van der Waals surface area contributed by atoms with Gasteiger partial charge in [-0.25, -0.2) is 9.97 Å². The average molecular weight is 503 g/mol. The van der Waals surface area contributed by atoms with Gasteiger partial charge >= 0.3 is 0 Å². The Hall–Kier alpha value is -4.24. The van der Waals surface area contributed by atoms with Gasteiger partial charge in [0.25, 0.3) is 11.5 Å². The quantitative estimate of drug-likeness (QED) is 0.336. The summed E-state index contributed by atoms with van der Waals surface area (Å²) in [4.78, 5) is 35.0. The molecule has 9 heteroatoms. The number of rotatable bonds is 11. The molecule has 2 heterocycles. The van der Waals surface area contributed by atoms with Gasteiger partial charge in [-0.3, -0.25) is 14.2 Å². The molecular weight excluding hydrogens is 472 g/mol. The Kier molecular flexibility index (Phi) is 8.48. The van der Waals surface area contributed by atoms with Gasteiger partial charge in [-0.05, 0) is 53.9 Å². The van der Waals surface area contributed by atoms with Gasteiger partial charge in [-0.15, -0.1) is 0 Å². The number of pyridine rings is 1. The Balaban J connectivity index is 1.53. The summed E-state index contributed by atoms with van der Waals surface area (Å²) in [5, 5.41) is 3.38. The first-order chi connectivity index (χ1) is 18.0. The molecule has 0 unspecified atom stereocenters. The van der Waals surface area contributed by atoms with E-state index in [1.165, 1.54) is 0 Å². The highest BCUT2D eigenvalue weighted by Crippen LogP contribution is 2.27. The van der Waals surface area contributed by atoms with Crippen LogP contribution in [0.2, 0.25) is 0 Å². The maximum Gasteiger partial charge on any atom is 0.263 e. The fraction of sp³-hybridized carbons (Fsp3) is 0.286. The van der Waals surface area contributed by atoms with Crippen LogP contribution in [0.1, 0.15) is 27.3 Å². The minimum atomic E-state index is -0.198. The van der Waals surface area contributed by atoms with Crippen molar-refractivity contribution in [3.63, 3.8) is 0 Å². The molecule has 2 aromatic heterocycles. The number of aryl methyl sites for hydroxylation is 1. The van der Waals surface area contributed by atoms with E-state index < -0.39 is 0 Å². The number of ether oxygens (including phenoxy) is 3. The molecule has 0 aliphatic rings. The van der Waals surface area contributed by atoms with Crippen molar-refractivity contribution < 1.29 is 19.0 Å². The van der Waals surface area contributed by atoms with E-state index in [4.69, 9.17) is 14.2 Å². The van der Waals surface area contributed by atoms with E-state index in [1.54, 1.807) is 56.4 Å². The molecule has 0 bridgehead atoms. The second kappa shape index (κ2) is 12.1. The second-order valence-electron chi connectivity index (χ2n) is 8.44. The molecule has 1 N–H and O–H groups in total. The minimum absolute atomic E-state index is 0.160. The van der Waals surface area contributed by atoms with Crippen LogP contribution in [-0.4, -0.2) is 48.3 Å². The van der Waals surface area contributed by atoms with E-state index in [-0.39, 0.29) is 11.5 Å². The van der Waals surface area contributed by atoms with E-state index in [0.717, 1.165) is 11.1 Å². The Morgan fingerprint density at radius 3 is 2.57 bits per heavy atom. The zero-order valence-corrected chi connectivity index (χ0v) is 21.2. The molecule has 192 valence electrons. The Bertz CT molecular complexity index is 1450. The normalized spacial score (nSPS) is 10.9. The van der Waals surface area contributed by atoms with Crippen LogP contribution >= 0.6 is 0 Å². The summed E-state index contributed by atoms with van der Waals surface area (Å²) in [5.41, 5.74) is 2.69. The molecule has 4 aromatic rings. The highest BCUT2D eigenvalue weighted by atomic mass is 16.5. The van der Waals surface area contributed by atoms with Crippen LogP contribution in [0.4, 0.5) is 0 Å². The van der Waals surface area contributed by atoms with Gasteiger partial charge < -0.3 is 19.5 Å². The number of hydrogen-bond donors (Lipinski definition) is 1. The predicted molar refractivity (Wildman–Crippen MR) is 140 cm³/mol. The van der Waals surface area contributed by atoms with Gasteiger partial charge in [-0.2, -0.15) is 0 Å². The van der Waals surface area contributed by atoms with Crippen LogP contribution in [0, 0.1) is 0 Å². The number of hydrogen-bond acceptors (Lipinski definition) is 7. The summed E-state index contributed by atoms with van der Waals surface area (Å²) in [6.45, 7) is 1.16. The summed E-state index contributed by atoms with van der Waals surface area (Å²) in [5.74, 6) is 1.64. The molecule has 1 amide bonds. The lowest BCUT2D eigenvalue weighted by Gasteiger charge is -2.15. The van der Waals surface area contributed by atoms with Crippen LogP contribution in [0.3, 0.4) is 0 Å². The maximum atomic E-state index is 13.4. The van der Waals surface area contributed by atoms with E-state index in [0.29, 0.717) is 66.5 Å². The number of methoxy groups -OCH3 is 3. The number of carbonyl (C=O) groups excluding carboxylic acids is 1. The average Bonchev–Trinajstić information content (AvgIpc) is 2.93. The highest BCUT2D eigenvalue weighted by molar-refractivity contribution is 5.94. The van der Waals surface area contributed by atoms with Crippen molar-refractivity contribution >= 4 is 16.9 Å². The number of benzene rings is 2. The molecule has 37 heavy (non-hydrogen) atoms. The third-order valence-corrected chi connectivity index (χ3v) is 6.02. The molecule has 0 saturated heterocycles. The minimum Gasteiger partial charge on any atom is -0.493 e. The first-order valence-electron chi connectivity index (χ1n) is 12.0. The van der Waals surface area contributed by atoms with Crippen LogP contribution in [0.25, 0.3) is 11.0 Å².